The molecule has 0 aliphatic heterocycles. The van der Waals surface area contributed by atoms with Gasteiger partial charge in [0.2, 0.25) is 5.91 Å². The summed E-state index contributed by atoms with van der Waals surface area (Å²) in [6.07, 6.45) is 2.28. The number of carbonyl (C=O) groups excluding carboxylic acids is 1. The van der Waals surface area contributed by atoms with Gasteiger partial charge in [0, 0.05) is 24.4 Å². The van der Waals surface area contributed by atoms with Gasteiger partial charge in [0.25, 0.3) is 5.56 Å². The van der Waals surface area contributed by atoms with Crippen LogP contribution in [0.25, 0.3) is 21.8 Å². The molecule has 0 aliphatic rings. The third-order valence-corrected chi connectivity index (χ3v) is 5.76. The van der Waals surface area contributed by atoms with E-state index in [-0.39, 0.29) is 17.4 Å². The summed E-state index contributed by atoms with van der Waals surface area (Å²) >= 11 is 0. The maximum absolute atomic E-state index is 13.2. The number of aryl methyl sites for hydroxylation is 1. The fraction of sp³-hybridized carbons (Fsp3) is 0.292. The Bertz CT molecular complexity index is 1260. The molecule has 1 amide bonds. The van der Waals surface area contributed by atoms with Crippen LogP contribution in [-0.2, 0) is 11.8 Å². The van der Waals surface area contributed by atoms with Gasteiger partial charge in [-0.15, -0.1) is 0 Å². The Morgan fingerprint density at radius 3 is 2.50 bits per heavy atom. The standard InChI is InChI=1S/C24H26N4O2/c1-4-20(23(29)25-14-16(2)17-10-6-5-7-11-17)28-21-13-9-8-12-18(21)19-15-26-27(3)24(30)22(19)28/h5-13,15-16,20H,4,14H2,1-3H3,(H,25,29)/t16-,20-/m1/s1. The molecule has 30 heavy (non-hydrogen) atoms. The maximum atomic E-state index is 13.2. The minimum absolute atomic E-state index is 0.0817. The van der Waals surface area contributed by atoms with Gasteiger partial charge in [0.15, 0.2) is 0 Å². The van der Waals surface area contributed by atoms with Crippen LogP contribution in [0.4, 0.5) is 0 Å². The Labute approximate surface area is 175 Å². The Kier molecular flexibility index (Phi) is 5.40. The Hall–Kier alpha value is -3.41. The molecule has 6 nitrogen and oxygen atoms in total. The van der Waals surface area contributed by atoms with Crippen molar-refractivity contribution >= 4 is 27.7 Å². The molecule has 4 aromatic rings. The Balaban J connectivity index is 1.73. The molecular formula is C24H26N4O2. The number of benzene rings is 2. The number of para-hydroxylation sites is 1. The first-order valence-electron chi connectivity index (χ1n) is 10.3. The lowest BCUT2D eigenvalue weighted by Gasteiger charge is -2.21. The Morgan fingerprint density at radius 1 is 1.07 bits per heavy atom. The highest BCUT2D eigenvalue weighted by Crippen LogP contribution is 2.30. The molecule has 0 unspecified atom stereocenters. The van der Waals surface area contributed by atoms with Crippen molar-refractivity contribution < 1.29 is 4.79 Å². The molecule has 4 rings (SSSR count). The van der Waals surface area contributed by atoms with Crippen molar-refractivity contribution in [3.8, 4) is 0 Å². The summed E-state index contributed by atoms with van der Waals surface area (Å²) in [5, 5.41) is 8.99. The molecule has 0 spiro atoms. The molecule has 0 bridgehead atoms. The SMILES string of the molecule is CC[C@H](C(=O)NC[C@@H](C)c1ccccc1)n1c2ccccc2c2cnn(C)c(=O)c21. The number of amides is 1. The quantitative estimate of drug-likeness (QED) is 0.534. The molecule has 154 valence electrons. The lowest BCUT2D eigenvalue weighted by atomic mass is 10.0. The normalized spacial score (nSPS) is 13.4. The summed E-state index contributed by atoms with van der Waals surface area (Å²) < 4.78 is 3.21. The smallest absolute Gasteiger partial charge is 0.291 e. The van der Waals surface area contributed by atoms with Crippen LogP contribution in [0.2, 0.25) is 0 Å². The second-order valence-electron chi connectivity index (χ2n) is 7.70. The fourth-order valence-corrected chi connectivity index (χ4v) is 4.07. The van der Waals surface area contributed by atoms with Crippen LogP contribution >= 0.6 is 0 Å². The van der Waals surface area contributed by atoms with Gasteiger partial charge >= 0.3 is 0 Å². The van der Waals surface area contributed by atoms with Crippen LogP contribution in [0.1, 0.15) is 37.8 Å². The highest BCUT2D eigenvalue weighted by Gasteiger charge is 2.25. The minimum Gasteiger partial charge on any atom is -0.354 e. The van der Waals surface area contributed by atoms with Crippen molar-refractivity contribution in [2.75, 3.05) is 6.54 Å². The van der Waals surface area contributed by atoms with Gasteiger partial charge in [-0.25, -0.2) is 4.68 Å². The number of fused-ring (bicyclic) bond motifs is 3. The average molecular weight is 402 g/mol. The van der Waals surface area contributed by atoms with Crippen LogP contribution in [-0.4, -0.2) is 26.8 Å². The van der Waals surface area contributed by atoms with Crippen molar-refractivity contribution in [1.29, 1.82) is 0 Å². The monoisotopic (exact) mass is 402 g/mol. The van der Waals surface area contributed by atoms with E-state index in [1.54, 1.807) is 13.2 Å². The molecule has 6 heteroatoms. The zero-order chi connectivity index (χ0) is 21.3. The van der Waals surface area contributed by atoms with Crippen molar-refractivity contribution in [2.24, 2.45) is 7.05 Å². The third kappa shape index (κ3) is 3.38. The van der Waals surface area contributed by atoms with Crippen molar-refractivity contribution in [2.45, 2.75) is 32.2 Å². The van der Waals surface area contributed by atoms with Crippen molar-refractivity contribution in [3.63, 3.8) is 0 Å². The number of hydrogen-bond acceptors (Lipinski definition) is 3. The summed E-state index contributed by atoms with van der Waals surface area (Å²) in [5.41, 5.74) is 2.37. The van der Waals surface area contributed by atoms with Crippen molar-refractivity contribution in [3.05, 3.63) is 76.7 Å². The second-order valence-corrected chi connectivity index (χ2v) is 7.70. The van der Waals surface area contributed by atoms with E-state index < -0.39 is 6.04 Å². The number of nitrogens with zero attached hydrogens (tertiary/aromatic N) is 3. The third-order valence-electron chi connectivity index (χ3n) is 5.76. The van der Waals surface area contributed by atoms with Gasteiger partial charge in [0.1, 0.15) is 11.6 Å². The molecular weight excluding hydrogens is 376 g/mol. The van der Waals surface area contributed by atoms with Crippen LogP contribution in [0.3, 0.4) is 0 Å². The summed E-state index contributed by atoms with van der Waals surface area (Å²) in [7, 11) is 1.63. The highest BCUT2D eigenvalue weighted by atomic mass is 16.2. The number of aromatic nitrogens is 3. The summed E-state index contributed by atoms with van der Waals surface area (Å²) in [5.74, 6) is 0.115. The average Bonchev–Trinajstić information content (AvgIpc) is 3.11. The van der Waals surface area contributed by atoms with Gasteiger partial charge in [-0.05, 0) is 24.0 Å². The van der Waals surface area contributed by atoms with Gasteiger partial charge in [-0.1, -0.05) is 62.4 Å². The molecule has 2 heterocycles. The van der Waals surface area contributed by atoms with E-state index in [4.69, 9.17) is 0 Å². The Morgan fingerprint density at radius 2 is 1.77 bits per heavy atom. The van der Waals surface area contributed by atoms with E-state index in [1.165, 1.54) is 10.2 Å². The topological polar surface area (TPSA) is 68.9 Å². The predicted octanol–water partition coefficient (Wildman–Crippen LogP) is 3.76. The van der Waals surface area contributed by atoms with E-state index in [0.29, 0.717) is 18.5 Å². The maximum Gasteiger partial charge on any atom is 0.291 e. The van der Waals surface area contributed by atoms with E-state index in [9.17, 15) is 9.59 Å². The summed E-state index contributed by atoms with van der Waals surface area (Å²) in [6, 6.07) is 17.4. The molecule has 1 N–H and O–H groups in total. The van der Waals surface area contributed by atoms with Crippen LogP contribution in [0.15, 0.2) is 65.6 Å². The van der Waals surface area contributed by atoms with Crippen LogP contribution < -0.4 is 10.9 Å². The second kappa shape index (κ2) is 8.14. The van der Waals surface area contributed by atoms with Crippen molar-refractivity contribution in [1.82, 2.24) is 19.7 Å². The molecule has 0 saturated carbocycles. The molecule has 2 aromatic carbocycles. The molecule has 0 radical (unpaired) electrons. The van der Waals surface area contributed by atoms with E-state index in [0.717, 1.165) is 16.3 Å². The number of carbonyl (C=O) groups is 1. The van der Waals surface area contributed by atoms with Gasteiger partial charge in [0.05, 0.1) is 11.7 Å². The molecule has 0 aliphatic carbocycles. The first kappa shape index (κ1) is 19.9. The predicted molar refractivity (Wildman–Crippen MR) is 120 cm³/mol. The van der Waals surface area contributed by atoms with E-state index in [1.807, 2.05) is 54.0 Å². The van der Waals surface area contributed by atoms with Gasteiger partial charge < -0.3 is 9.88 Å². The largest absolute Gasteiger partial charge is 0.354 e. The molecule has 2 atom stereocenters. The number of rotatable bonds is 6. The molecule has 0 fully saturated rings. The fourth-order valence-electron chi connectivity index (χ4n) is 4.07. The lowest BCUT2D eigenvalue weighted by molar-refractivity contribution is -0.124. The summed E-state index contributed by atoms with van der Waals surface area (Å²) in [4.78, 5) is 26.2. The first-order chi connectivity index (χ1) is 14.5. The lowest BCUT2D eigenvalue weighted by Crippen LogP contribution is -2.35. The number of hydrogen-bond donors (Lipinski definition) is 1. The molecule has 2 aromatic heterocycles. The zero-order valence-corrected chi connectivity index (χ0v) is 17.5. The van der Waals surface area contributed by atoms with Gasteiger partial charge in [-0.2, -0.15) is 5.10 Å². The van der Waals surface area contributed by atoms with Crippen LogP contribution in [0, 0.1) is 0 Å². The van der Waals surface area contributed by atoms with E-state index >= 15 is 0 Å². The highest BCUT2D eigenvalue weighted by molar-refractivity contribution is 6.08. The zero-order valence-electron chi connectivity index (χ0n) is 17.5. The number of nitrogens with one attached hydrogen (secondary N) is 1. The van der Waals surface area contributed by atoms with Crippen LogP contribution in [0.5, 0.6) is 0 Å². The minimum atomic E-state index is -0.481. The summed E-state index contributed by atoms with van der Waals surface area (Å²) in [6.45, 7) is 4.60. The van der Waals surface area contributed by atoms with E-state index in [2.05, 4.69) is 29.5 Å². The van der Waals surface area contributed by atoms with Gasteiger partial charge in [-0.3, -0.25) is 9.59 Å². The first-order valence-corrected chi connectivity index (χ1v) is 10.3. The molecule has 0 saturated heterocycles.